The number of carbonyl (C=O) groups excluding carboxylic acids is 2. The zero-order chi connectivity index (χ0) is 16.3. The van der Waals surface area contributed by atoms with Gasteiger partial charge in [-0.25, -0.2) is 4.79 Å². The second kappa shape index (κ2) is 6.95. The second-order valence-electron chi connectivity index (χ2n) is 6.25. The van der Waals surface area contributed by atoms with Crippen molar-refractivity contribution in [3.05, 3.63) is 34.9 Å². The van der Waals surface area contributed by atoms with Crippen LogP contribution in [-0.2, 0) is 9.53 Å². The summed E-state index contributed by atoms with van der Waals surface area (Å²) in [5, 5.41) is 0. The van der Waals surface area contributed by atoms with Crippen LogP contribution >= 0.6 is 0 Å². The minimum atomic E-state index is -0.424. The molecule has 1 heterocycles. The number of hydrogen-bond acceptors (Lipinski definition) is 3. The van der Waals surface area contributed by atoms with E-state index in [1.165, 1.54) is 0 Å². The van der Waals surface area contributed by atoms with E-state index in [0.29, 0.717) is 5.56 Å². The Labute approximate surface area is 132 Å². The topological polar surface area (TPSA) is 46.6 Å². The van der Waals surface area contributed by atoms with Crippen molar-refractivity contribution in [1.82, 2.24) is 4.90 Å². The predicted octanol–water partition coefficient (Wildman–Crippen LogP) is 3.25. The summed E-state index contributed by atoms with van der Waals surface area (Å²) in [7, 11) is 0. The molecule has 120 valence electrons. The summed E-state index contributed by atoms with van der Waals surface area (Å²) in [5.74, 6) is -0.523. The zero-order valence-corrected chi connectivity index (χ0v) is 13.9. The van der Waals surface area contributed by atoms with Gasteiger partial charge in [0, 0.05) is 12.1 Å². The Kier molecular flexibility index (Phi) is 5.22. The van der Waals surface area contributed by atoms with Gasteiger partial charge in [0.15, 0.2) is 6.61 Å². The van der Waals surface area contributed by atoms with Gasteiger partial charge < -0.3 is 9.64 Å². The molecule has 1 saturated heterocycles. The SMILES string of the molecule is Cc1cccc(C(=O)OCC(=O)N2C(C)CCCC2C)c1C. The lowest BCUT2D eigenvalue weighted by atomic mass is 9.97. The number of rotatable bonds is 3. The minimum Gasteiger partial charge on any atom is -0.452 e. The number of likely N-dealkylation sites (tertiary alicyclic amines) is 1. The van der Waals surface area contributed by atoms with Gasteiger partial charge in [0.25, 0.3) is 5.91 Å². The Balaban J connectivity index is 1.98. The molecule has 1 fully saturated rings. The van der Waals surface area contributed by atoms with Gasteiger partial charge in [-0.2, -0.15) is 0 Å². The lowest BCUT2D eigenvalue weighted by molar-refractivity contribution is -0.140. The van der Waals surface area contributed by atoms with Crippen molar-refractivity contribution in [1.29, 1.82) is 0 Å². The molecule has 0 bridgehead atoms. The molecular weight excluding hydrogens is 278 g/mol. The lowest BCUT2D eigenvalue weighted by Gasteiger charge is -2.38. The maximum absolute atomic E-state index is 12.4. The molecule has 4 nitrogen and oxygen atoms in total. The molecule has 0 radical (unpaired) electrons. The van der Waals surface area contributed by atoms with Crippen LogP contribution in [0.3, 0.4) is 0 Å². The fourth-order valence-electron chi connectivity index (χ4n) is 3.16. The average molecular weight is 303 g/mol. The Morgan fingerprint density at radius 1 is 1.18 bits per heavy atom. The van der Waals surface area contributed by atoms with Crippen LogP contribution < -0.4 is 0 Å². The van der Waals surface area contributed by atoms with Crippen molar-refractivity contribution in [3.63, 3.8) is 0 Å². The zero-order valence-electron chi connectivity index (χ0n) is 13.9. The minimum absolute atomic E-state index is 0.0987. The maximum Gasteiger partial charge on any atom is 0.338 e. The molecule has 2 atom stereocenters. The van der Waals surface area contributed by atoms with Gasteiger partial charge in [-0.1, -0.05) is 12.1 Å². The van der Waals surface area contributed by atoms with E-state index in [1.54, 1.807) is 6.07 Å². The van der Waals surface area contributed by atoms with Crippen molar-refractivity contribution in [2.75, 3.05) is 6.61 Å². The molecule has 0 aromatic heterocycles. The highest BCUT2D eigenvalue weighted by atomic mass is 16.5. The molecule has 1 aromatic rings. The summed E-state index contributed by atoms with van der Waals surface area (Å²) >= 11 is 0. The molecular formula is C18H25NO3. The van der Waals surface area contributed by atoms with E-state index in [2.05, 4.69) is 13.8 Å². The number of esters is 1. The molecule has 1 amide bonds. The van der Waals surface area contributed by atoms with Crippen LogP contribution in [0, 0.1) is 13.8 Å². The molecule has 0 aliphatic carbocycles. The Morgan fingerprint density at radius 2 is 1.82 bits per heavy atom. The number of ether oxygens (including phenoxy) is 1. The number of carbonyl (C=O) groups is 2. The number of benzene rings is 1. The van der Waals surface area contributed by atoms with E-state index in [4.69, 9.17) is 4.74 Å². The van der Waals surface area contributed by atoms with Gasteiger partial charge in [0.05, 0.1) is 5.56 Å². The molecule has 1 aliphatic rings. The molecule has 0 spiro atoms. The molecule has 0 saturated carbocycles. The van der Waals surface area contributed by atoms with E-state index in [9.17, 15) is 9.59 Å². The van der Waals surface area contributed by atoms with Gasteiger partial charge in [0.1, 0.15) is 0 Å². The molecule has 1 aromatic carbocycles. The Bertz CT molecular complexity index is 557. The third-order valence-electron chi connectivity index (χ3n) is 4.63. The van der Waals surface area contributed by atoms with Gasteiger partial charge in [-0.3, -0.25) is 4.79 Å². The number of nitrogens with zero attached hydrogens (tertiary/aromatic N) is 1. The fourth-order valence-corrected chi connectivity index (χ4v) is 3.16. The Morgan fingerprint density at radius 3 is 2.45 bits per heavy atom. The van der Waals surface area contributed by atoms with Crippen molar-refractivity contribution in [2.24, 2.45) is 0 Å². The van der Waals surface area contributed by atoms with Gasteiger partial charge >= 0.3 is 5.97 Å². The lowest BCUT2D eigenvalue weighted by Crippen LogP contribution is -2.49. The first-order valence-corrected chi connectivity index (χ1v) is 7.96. The van der Waals surface area contributed by atoms with Crippen LogP contribution in [0.25, 0.3) is 0 Å². The largest absolute Gasteiger partial charge is 0.452 e. The second-order valence-corrected chi connectivity index (χ2v) is 6.25. The number of hydrogen-bond donors (Lipinski definition) is 0. The highest BCUT2D eigenvalue weighted by Gasteiger charge is 2.29. The first-order chi connectivity index (χ1) is 10.4. The van der Waals surface area contributed by atoms with E-state index < -0.39 is 5.97 Å². The molecule has 0 N–H and O–H groups in total. The van der Waals surface area contributed by atoms with Crippen LogP contribution in [0.1, 0.15) is 54.6 Å². The van der Waals surface area contributed by atoms with Crippen LogP contribution in [0.2, 0.25) is 0 Å². The van der Waals surface area contributed by atoms with Crippen molar-refractivity contribution in [3.8, 4) is 0 Å². The summed E-state index contributed by atoms with van der Waals surface area (Å²) in [6.07, 6.45) is 3.18. The van der Waals surface area contributed by atoms with E-state index >= 15 is 0 Å². The van der Waals surface area contributed by atoms with Gasteiger partial charge in [-0.05, 0) is 64.2 Å². The van der Waals surface area contributed by atoms with Crippen LogP contribution in [-0.4, -0.2) is 35.5 Å². The summed E-state index contributed by atoms with van der Waals surface area (Å²) in [6.45, 7) is 7.78. The van der Waals surface area contributed by atoms with Crippen LogP contribution in [0.15, 0.2) is 18.2 Å². The normalized spacial score (nSPS) is 21.5. The van der Waals surface area contributed by atoms with Crippen molar-refractivity contribution < 1.29 is 14.3 Å². The summed E-state index contributed by atoms with van der Waals surface area (Å²) in [5.41, 5.74) is 2.48. The number of piperidine rings is 1. The van der Waals surface area contributed by atoms with Gasteiger partial charge in [0.2, 0.25) is 0 Å². The maximum atomic E-state index is 12.4. The molecule has 2 unspecified atom stereocenters. The Hall–Kier alpha value is -1.84. The predicted molar refractivity (Wildman–Crippen MR) is 85.8 cm³/mol. The summed E-state index contributed by atoms with van der Waals surface area (Å²) in [4.78, 5) is 26.4. The molecule has 4 heteroatoms. The van der Waals surface area contributed by atoms with Crippen molar-refractivity contribution >= 4 is 11.9 Å². The molecule has 2 rings (SSSR count). The van der Waals surface area contributed by atoms with E-state index in [-0.39, 0.29) is 24.6 Å². The fraction of sp³-hybridized carbons (Fsp3) is 0.556. The quantitative estimate of drug-likeness (QED) is 0.805. The third-order valence-corrected chi connectivity index (χ3v) is 4.63. The van der Waals surface area contributed by atoms with Gasteiger partial charge in [-0.15, -0.1) is 0 Å². The number of amides is 1. The molecule has 22 heavy (non-hydrogen) atoms. The highest BCUT2D eigenvalue weighted by Crippen LogP contribution is 2.22. The monoisotopic (exact) mass is 303 g/mol. The van der Waals surface area contributed by atoms with Crippen LogP contribution in [0.4, 0.5) is 0 Å². The first-order valence-electron chi connectivity index (χ1n) is 7.96. The highest BCUT2D eigenvalue weighted by molar-refractivity contribution is 5.93. The first kappa shape index (κ1) is 16.5. The van der Waals surface area contributed by atoms with Crippen LogP contribution in [0.5, 0.6) is 0 Å². The standard InChI is InChI=1S/C18H25NO3/c1-12-7-5-10-16(15(12)4)18(21)22-11-17(20)19-13(2)8-6-9-14(19)3/h5,7,10,13-14H,6,8-9,11H2,1-4H3. The summed E-state index contributed by atoms with van der Waals surface area (Å²) < 4.78 is 5.25. The number of aryl methyl sites for hydroxylation is 1. The van der Waals surface area contributed by atoms with Crippen molar-refractivity contribution in [2.45, 2.75) is 59.0 Å². The summed E-state index contributed by atoms with van der Waals surface area (Å²) in [6, 6.07) is 5.96. The third kappa shape index (κ3) is 3.49. The van der Waals surface area contributed by atoms with E-state index in [0.717, 1.165) is 30.4 Å². The smallest absolute Gasteiger partial charge is 0.338 e. The van der Waals surface area contributed by atoms with E-state index in [1.807, 2.05) is 30.9 Å². The average Bonchev–Trinajstić information content (AvgIpc) is 2.47. The molecule has 1 aliphatic heterocycles.